The molecule has 0 aliphatic carbocycles. The van der Waals surface area contributed by atoms with Crippen LogP contribution >= 0.6 is 15.9 Å². The Bertz CT molecular complexity index is 686. The molecule has 0 bridgehead atoms. The first-order valence-corrected chi connectivity index (χ1v) is 8.20. The molecule has 0 radical (unpaired) electrons. The molecule has 1 aromatic carbocycles. The first-order chi connectivity index (χ1) is 11.7. The van der Waals surface area contributed by atoms with Gasteiger partial charge in [0.1, 0.15) is 17.4 Å². The number of methoxy groups -OCH3 is 1. The van der Waals surface area contributed by atoms with E-state index in [1.54, 1.807) is 20.8 Å². The highest BCUT2D eigenvalue weighted by Gasteiger charge is 2.33. The lowest BCUT2D eigenvalue weighted by Gasteiger charge is -2.23. The number of amides is 1. The number of halogens is 4. The summed E-state index contributed by atoms with van der Waals surface area (Å²) >= 11 is 2.85. The molecular weight excluding hydrogens is 423 g/mol. The number of phenols is 1. The Morgan fingerprint density at radius 3 is 2.31 bits per heavy atom. The van der Waals surface area contributed by atoms with Gasteiger partial charge in [0.25, 0.3) is 0 Å². The SMILES string of the molecule is COC(=O)[C@H](Cc1cc(C(F)(F)F)cc(Br)c1O)NC(=O)OC(C)(C)C. The van der Waals surface area contributed by atoms with E-state index in [-0.39, 0.29) is 10.0 Å². The zero-order valence-electron chi connectivity index (χ0n) is 14.5. The van der Waals surface area contributed by atoms with Crippen molar-refractivity contribution in [1.82, 2.24) is 5.32 Å². The molecule has 0 aromatic heterocycles. The molecule has 0 heterocycles. The van der Waals surface area contributed by atoms with Crippen molar-refractivity contribution in [2.75, 3.05) is 7.11 Å². The second-order valence-electron chi connectivity index (χ2n) is 6.39. The number of benzene rings is 1. The van der Waals surface area contributed by atoms with Crippen LogP contribution in [0, 0.1) is 0 Å². The number of ether oxygens (including phenoxy) is 2. The summed E-state index contributed by atoms with van der Waals surface area (Å²) in [6.45, 7) is 4.82. The van der Waals surface area contributed by atoms with Crippen LogP contribution in [0.5, 0.6) is 5.75 Å². The van der Waals surface area contributed by atoms with Gasteiger partial charge in [0.2, 0.25) is 0 Å². The Labute approximate surface area is 156 Å². The highest BCUT2D eigenvalue weighted by molar-refractivity contribution is 9.10. The molecule has 26 heavy (non-hydrogen) atoms. The molecule has 0 unspecified atom stereocenters. The first-order valence-electron chi connectivity index (χ1n) is 7.40. The van der Waals surface area contributed by atoms with Gasteiger partial charge in [-0.2, -0.15) is 13.2 Å². The van der Waals surface area contributed by atoms with Crippen LogP contribution in [0.1, 0.15) is 31.9 Å². The second kappa shape index (κ2) is 8.15. The predicted octanol–water partition coefficient (Wildman–Crippen LogP) is 3.78. The van der Waals surface area contributed by atoms with E-state index in [1.165, 1.54) is 0 Å². The molecule has 2 N–H and O–H groups in total. The summed E-state index contributed by atoms with van der Waals surface area (Å²) in [5.74, 6) is -1.37. The molecule has 1 atom stereocenters. The zero-order chi connectivity index (χ0) is 20.3. The zero-order valence-corrected chi connectivity index (χ0v) is 16.1. The third-order valence-electron chi connectivity index (χ3n) is 3.07. The molecule has 6 nitrogen and oxygen atoms in total. The number of hydrogen-bond acceptors (Lipinski definition) is 5. The van der Waals surface area contributed by atoms with Gasteiger partial charge in [-0.15, -0.1) is 0 Å². The number of carbonyl (C=O) groups excluding carboxylic acids is 2. The fraction of sp³-hybridized carbons (Fsp3) is 0.500. The molecular formula is C16H19BrF3NO5. The maximum Gasteiger partial charge on any atom is 0.416 e. The van der Waals surface area contributed by atoms with Gasteiger partial charge < -0.3 is 19.9 Å². The fourth-order valence-corrected chi connectivity index (χ4v) is 2.48. The normalized spacial score (nSPS) is 13.1. The molecule has 1 amide bonds. The summed E-state index contributed by atoms with van der Waals surface area (Å²) in [6, 6.07) is 0.0659. The quantitative estimate of drug-likeness (QED) is 0.694. The first kappa shape index (κ1) is 22.1. The Balaban J connectivity index is 3.14. The van der Waals surface area contributed by atoms with Gasteiger partial charge in [-0.3, -0.25) is 0 Å². The Hall–Kier alpha value is -1.97. The van der Waals surface area contributed by atoms with Crippen molar-refractivity contribution >= 4 is 28.0 Å². The lowest BCUT2D eigenvalue weighted by atomic mass is 10.0. The molecule has 0 aliphatic heterocycles. The smallest absolute Gasteiger partial charge is 0.416 e. The monoisotopic (exact) mass is 441 g/mol. The maximum atomic E-state index is 13.0. The summed E-state index contributed by atoms with van der Waals surface area (Å²) in [7, 11) is 1.06. The van der Waals surface area contributed by atoms with E-state index in [1.807, 2.05) is 0 Å². The van der Waals surface area contributed by atoms with Crippen LogP contribution in [0.4, 0.5) is 18.0 Å². The van der Waals surface area contributed by atoms with Crippen LogP contribution in [-0.2, 0) is 26.9 Å². The molecule has 10 heteroatoms. The van der Waals surface area contributed by atoms with Crippen LogP contribution in [0.25, 0.3) is 0 Å². The van der Waals surface area contributed by atoms with Crippen LogP contribution in [0.3, 0.4) is 0 Å². The highest BCUT2D eigenvalue weighted by Crippen LogP contribution is 2.37. The minimum atomic E-state index is -4.65. The van der Waals surface area contributed by atoms with E-state index in [9.17, 15) is 27.9 Å². The lowest BCUT2D eigenvalue weighted by molar-refractivity contribution is -0.143. The van der Waals surface area contributed by atoms with Gasteiger partial charge >= 0.3 is 18.2 Å². The van der Waals surface area contributed by atoms with E-state index in [0.29, 0.717) is 12.1 Å². The van der Waals surface area contributed by atoms with Crippen molar-refractivity contribution < 1.29 is 37.3 Å². The number of hydrogen-bond donors (Lipinski definition) is 2. The minimum Gasteiger partial charge on any atom is -0.506 e. The number of phenolic OH excluding ortho intramolecular Hbond substituents is 1. The summed E-state index contributed by atoms with van der Waals surface area (Å²) in [5.41, 5.74) is -2.05. The van der Waals surface area contributed by atoms with Crippen molar-refractivity contribution in [3.8, 4) is 5.75 Å². The number of alkyl carbamates (subject to hydrolysis) is 1. The fourth-order valence-electron chi connectivity index (χ4n) is 1.98. The van der Waals surface area contributed by atoms with E-state index in [0.717, 1.165) is 7.11 Å². The number of rotatable bonds is 4. The average molecular weight is 442 g/mol. The highest BCUT2D eigenvalue weighted by atomic mass is 79.9. The third-order valence-corrected chi connectivity index (χ3v) is 3.67. The van der Waals surface area contributed by atoms with Crippen molar-refractivity contribution in [2.24, 2.45) is 0 Å². The van der Waals surface area contributed by atoms with Gasteiger partial charge in [0, 0.05) is 6.42 Å². The molecule has 0 aliphatic rings. The van der Waals surface area contributed by atoms with Crippen LogP contribution in [0.15, 0.2) is 16.6 Å². The predicted molar refractivity (Wildman–Crippen MR) is 89.7 cm³/mol. The largest absolute Gasteiger partial charge is 0.506 e. The molecule has 0 saturated carbocycles. The minimum absolute atomic E-state index is 0.191. The summed E-state index contributed by atoms with van der Waals surface area (Å²) in [6.07, 6.45) is -6.02. The Morgan fingerprint density at radius 1 is 1.27 bits per heavy atom. The molecule has 0 spiro atoms. The number of aromatic hydroxyl groups is 1. The second-order valence-corrected chi connectivity index (χ2v) is 7.24. The van der Waals surface area contributed by atoms with Crippen LogP contribution in [0.2, 0.25) is 0 Å². The Morgan fingerprint density at radius 2 is 1.85 bits per heavy atom. The van der Waals surface area contributed by atoms with Crippen molar-refractivity contribution in [1.29, 1.82) is 0 Å². The van der Waals surface area contributed by atoms with Gasteiger partial charge in [-0.1, -0.05) is 0 Å². The van der Waals surface area contributed by atoms with Gasteiger partial charge in [-0.25, -0.2) is 9.59 Å². The van der Waals surface area contributed by atoms with E-state index in [4.69, 9.17) is 4.74 Å². The molecule has 1 rings (SSSR count). The molecule has 0 fully saturated rings. The summed E-state index contributed by atoms with van der Waals surface area (Å²) in [4.78, 5) is 23.8. The average Bonchev–Trinajstić information content (AvgIpc) is 2.46. The van der Waals surface area contributed by atoms with Gasteiger partial charge in [-0.05, 0) is 54.4 Å². The van der Waals surface area contributed by atoms with E-state index >= 15 is 0 Å². The third kappa shape index (κ3) is 6.40. The van der Waals surface area contributed by atoms with Gasteiger partial charge in [0.05, 0.1) is 17.1 Å². The maximum absolute atomic E-state index is 13.0. The van der Waals surface area contributed by atoms with Crippen LogP contribution < -0.4 is 5.32 Å². The van der Waals surface area contributed by atoms with Gasteiger partial charge in [0.15, 0.2) is 0 Å². The number of nitrogens with one attached hydrogen (secondary N) is 1. The number of esters is 1. The topological polar surface area (TPSA) is 84.9 Å². The molecule has 146 valence electrons. The lowest BCUT2D eigenvalue weighted by Crippen LogP contribution is -2.45. The summed E-state index contributed by atoms with van der Waals surface area (Å²) < 4.78 is 48.3. The van der Waals surface area contributed by atoms with E-state index < -0.39 is 47.6 Å². The van der Waals surface area contributed by atoms with Crippen molar-refractivity contribution in [2.45, 2.75) is 45.0 Å². The van der Waals surface area contributed by atoms with E-state index in [2.05, 4.69) is 26.0 Å². The molecule has 1 aromatic rings. The van der Waals surface area contributed by atoms with Crippen molar-refractivity contribution in [3.05, 3.63) is 27.7 Å². The molecule has 0 saturated heterocycles. The van der Waals surface area contributed by atoms with Crippen LogP contribution in [-0.4, -0.2) is 35.9 Å². The summed E-state index contributed by atoms with van der Waals surface area (Å²) in [5, 5.41) is 12.2. The van der Waals surface area contributed by atoms with Crippen molar-refractivity contribution in [3.63, 3.8) is 0 Å². The number of carbonyl (C=O) groups is 2. The standard InChI is InChI=1S/C16H19BrF3NO5/c1-15(2,3)26-14(24)21-11(13(23)25-4)6-8-5-9(16(18,19)20)7-10(17)12(8)22/h5,7,11,22H,6H2,1-4H3,(H,21,24)/t11-/m0/s1. The Kier molecular flexibility index (Phi) is 6.92. The number of alkyl halides is 3.